The zero-order valence-corrected chi connectivity index (χ0v) is 17.6. The zero-order chi connectivity index (χ0) is 20.7. The van der Waals surface area contributed by atoms with Crippen LogP contribution in [0.3, 0.4) is 0 Å². The van der Waals surface area contributed by atoms with E-state index in [-0.39, 0.29) is 17.7 Å². The minimum atomic E-state index is -0.0325. The third-order valence-electron chi connectivity index (χ3n) is 4.77. The fraction of sp³-hybridized carbons (Fsp3) is 0.545. The Balaban J connectivity index is 1.94. The fourth-order valence-electron chi connectivity index (χ4n) is 3.15. The first-order chi connectivity index (χ1) is 13.3. The molecular weight excluding hydrogens is 356 g/mol. The van der Waals surface area contributed by atoms with Crippen molar-refractivity contribution < 1.29 is 19.1 Å². The van der Waals surface area contributed by atoms with Crippen molar-refractivity contribution in [2.75, 3.05) is 40.9 Å². The number of nitrogens with zero attached hydrogens (tertiary/aromatic N) is 2. The largest absolute Gasteiger partial charge is 0.493 e. The number of hydrogen-bond donors (Lipinski definition) is 0. The van der Waals surface area contributed by atoms with Crippen molar-refractivity contribution in [3.05, 3.63) is 29.8 Å². The van der Waals surface area contributed by atoms with Gasteiger partial charge in [0.1, 0.15) is 0 Å². The van der Waals surface area contributed by atoms with Gasteiger partial charge in [-0.3, -0.25) is 9.59 Å². The van der Waals surface area contributed by atoms with Crippen LogP contribution in [-0.4, -0.2) is 62.5 Å². The van der Waals surface area contributed by atoms with Crippen LogP contribution in [0.25, 0.3) is 6.08 Å². The third-order valence-corrected chi connectivity index (χ3v) is 4.77. The van der Waals surface area contributed by atoms with Crippen LogP contribution in [-0.2, 0) is 9.59 Å². The number of rotatable bonds is 7. The molecule has 0 bridgehead atoms. The van der Waals surface area contributed by atoms with Crippen LogP contribution in [0.4, 0.5) is 0 Å². The number of piperidine rings is 1. The number of carbonyl (C=O) groups excluding carboxylic acids is 2. The number of carbonyl (C=O) groups is 2. The highest BCUT2D eigenvalue weighted by atomic mass is 16.5. The topological polar surface area (TPSA) is 59.1 Å². The van der Waals surface area contributed by atoms with Crippen LogP contribution >= 0.6 is 0 Å². The second-order valence-electron chi connectivity index (χ2n) is 7.78. The minimum Gasteiger partial charge on any atom is -0.493 e. The van der Waals surface area contributed by atoms with Gasteiger partial charge in [0.05, 0.1) is 13.7 Å². The Bertz CT molecular complexity index is 704. The first kappa shape index (κ1) is 21.8. The average Bonchev–Trinajstić information content (AvgIpc) is 2.70. The molecule has 0 N–H and O–H groups in total. The van der Waals surface area contributed by atoms with Gasteiger partial charge >= 0.3 is 0 Å². The third kappa shape index (κ3) is 6.01. The monoisotopic (exact) mass is 388 g/mol. The summed E-state index contributed by atoms with van der Waals surface area (Å²) < 4.78 is 11.2. The molecule has 0 spiro atoms. The number of likely N-dealkylation sites (tertiary alicyclic amines) is 1. The smallest absolute Gasteiger partial charge is 0.246 e. The minimum absolute atomic E-state index is 0.0191. The molecule has 2 rings (SSSR count). The zero-order valence-electron chi connectivity index (χ0n) is 17.6. The summed E-state index contributed by atoms with van der Waals surface area (Å²) in [6.07, 6.45) is 4.80. The molecule has 1 heterocycles. The molecule has 1 aromatic carbocycles. The summed E-state index contributed by atoms with van der Waals surface area (Å²) in [7, 11) is 5.15. The predicted molar refractivity (Wildman–Crippen MR) is 110 cm³/mol. The van der Waals surface area contributed by atoms with Crippen molar-refractivity contribution in [1.29, 1.82) is 0 Å². The maximum atomic E-state index is 12.5. The van der Waals surface area contributed by atoms with E-state index in [1.165, 1.54) is 0 Å². The van der Waals surface area contributed by atoms with Gasteiger partial charge in [-0.15, -0.1) is 0 Å². The van der Waals surface area contributed by atoms with E-state index >= 15 is 0 Å². The maximum Gasteiger partial charge on any atom is 0.246 e. The maximum absolute atomic E-state index is 12.5. The van der Waals surface area contributed by atoms with Gasteiger partial charge in [0.2, 0.25) is 11.8 Å². The normalized spacial score (nSPS) is 15.1. The quantitative estimate of drug-likeness (QED) is 0.674. The molecule has 0 atom stereocenters. The van der Waals surface area contributed by atoms with Crippen molar-refractivity contribution in [2.45, 2.75) is 26.7 Å². The predicted octanol–water partition coefficient (Wildman–Crippen LogP) is 3.07. The Morgan fingerprint density at radius 3 is 2.46 bits per heavy atom. The highest BCUT2D eigenvalue weighted by Crippen LogP contribution is 2.29. The Morgan fingerprint density at radius 1 is 1.21 bits per heavy atom. The number of amides is 2. The van der Waals surface area contributed by atoms with E-state index in [1.807, 2.05) is 18.2 Å². The fourth-order valence-corrected chi connectivity index (χ4v) is 3.15. The molecule has 1 aliphatic rings. The van der Waals surface area contributed by atoms with Crippen LogP contribution < -0.4 is 9.47 Å². The lowest BCUT2D eigenvalue weighted by Gasteiger charge is -2.31. The molecule has 1 saturated heterocycles. The van der Waals surface area contributed by atoms with E-state index in [0.29, 0.717) is 50.0 Å². The van der Waals surface area contributed by atoms with Gasteiger partial charge in [0.15, 0.2) is 11.5 Å². The van der Waals surface area contributed by atoms with E-state index in [1.54, 1.807) is 43.2 Å². The van der Waals surface area contributed by atoms with Gasteiger partial charge in [-0.05, 0) is 42.5 Å². The lowest BCUT2D eigenvalue weighted by molar-refractivity contribution is -0.137. The van der Waals surface area contributed by atoms with Gasteiger partial charge < -0.3 is 19.3 Å². The Hall–Kier alpha value is -2.50. The summed E-state index contributed by atoms with van der Waals surface area (Å²) in [5, 5.41) is 0. The van der Waals surface area contributed by atoms with Crippen LogP contribution in [0.2, 0.25) is 0 Å². The van der Waals surface area contributed by atoms with E-state index in [0.717, 1.165) is 5.56 Å². The van der Waals surface area contributed by atoms with Crippen molar-refractivity contribution in [1.82, 2.24) is 9.80 Å². The summed E-state index contributed by atoms with van der Waals surface area (Å²) in [4.78, 5) is 27.9. The number of benzene rings is 1. The molecule has 28 heavy (non-hydrogen) atoms. The van der Waals surface area contributed by atoms with Gasteiger partial charge in [-0.1, -0.05) is 19.9 Å². The lowest BCUT2D eigenvalue weighted by Crippen LogP contribution is -2.42. The summed E-state index contributed by atoms with van der Waals surface area (Å²) in [6, 6.07) is 5.63. The van der Waals surface area contributed by atoms with E-state index < -0.39 is 0 Å². The van der Waals surface area contributed by atoms with E-state index in [2.05, 4.69) is 13.8 Å². The molecule has 1 fully saturated rings. The van der Waals surface area contributed by atoms with Crippen molar-refractivity contribution in [2.24, 2.45) is 11.8 Å². The van der Waals surface area contributed by atoms with Crippen molar-refractivity contribution in [3.8, 4) is 11.5 Å². The van der Waals surface area contributed by atoms with E-state index in [9.17, 15) is 9.59 Å². The number of methoxy groups -OCH3 is 1. The standard InChI is InChI=1S/C22H32N2O4/c1-16(2)15-28-19-8-6-17(14-20(19)27-5)7-9-21(25)24-12-10-18(11-13-24)22(26)23(3)4/h6-9,14,16,18H,10-13,15H2,1-5H3. The average molecular weight is 389 g/mol. The molecule has 154 valence electrons. The van der Waals surface area contributed by atoms with Crippen molar-refractivity contribution in [3.63, 3.8) is 0 Å². The Morgan fingerprint density at radius 2 is 1.89 bits per heavy atom. The number of hydrogen-bond acceptors (Lipinski definition) is 4. The van der Waals surface area contributed by atoms with Gasteiger partial charge in [-0.2, -0.15) is 0 Å². The van der Waals surface area contributed by atoms with Crippen molar-refractivity contribution >= 4 is 17.9 Å². The highest BCUT2D eigenvalue weighted by molar-refractivity contribution is 5.92. The number of ether oxygens (including phenoxy) is 2. The molecule has 0 aliphatic carbocycles. The summed E-state index contributed by atoms with van der Waals surface area (Å²) in [5.41, 5.74) is 0.875. The van der Waals surface area contributed by atoms with Crippen LogP contribution in [0.15, 0.2) is 24.3 Å². The van der Waals surface area contributed by atoms with Crippen LogP contribution in [0.5, 0.6) is 11.5 Å². The van der Waals surface area contributed by atoms with Gasteiger partial charge in [0, 0.05) is 39.2 Å². The highest BCUT2D eigenvalue weighted by Gasteiger charge is 2.27. The molecule has 0 radical (unpaired) electrons. The molecule has 0 unspecified atom stereocenters. The summed E-state index contributed by atoms with van der Waals surface area (Å²) in [6.45, 7) is 6.02. The molecule has 2 amide bonds. The van der Waals surface area contributed by atoms with Crippen LogP contribution in [0, 0.1) is 11.8 Å². The molecule has 0 aromatic heterocycles. The molecule has 6 nitrogen and oxygen atoms in total. The SMILES string of the molecule is COc1cc(C=CC(=O)N2CCC(C(=O)N(C)C)CC2)ccc1OCC(C)C. The van der Waals surface area contributed by atoms with Gasteiger partial charge in [0.25, 0.3) is 0 Å². The first-order valence-electron chi connectivity index (χ1n) is 9.80. The summed E-state index contributed by atoms with van der Waals surface area (Å²) in [5.74, 6) is 1.92. The first-order valence-corrected chi connectivity index (χ1v) is 9.80. The Labute approximate surface area is 168 Å². The Kier molecular flexibility index (Phi) is 7.91. The molecule has 6 heteroatoms. The van der Waals surface area contributed by atoms with E-state index in [4.69, 9.17) is 9.47 Å². The second kappa shape index (κ2) is 10.2. The molecule has 0 saturated carbocycles. The van der Waals surface area contributed by atoms with Gasteiger partial charge in [-0.25, -0.2) is 0 Å². The lowest BCUT2D eigenvalue weighted by atomic mass is 9.95. The molecule has 1 aromatic rings. The van der Waals surface area contributed by atoms with Crippen LogP contribution in [0.1, 0.15) is 32.3 Å². The molecule has 1 aliphatic heterocycles. The summed E-state index contributed by atoms with van der Waals surface area (Å²) >= 11 is 0. The molecular formula is C22H32N2O4. The second-order valence-corrected chi connectivity index (χ2v) is 7.78.